The second kappa shape index (κ2) is 3.00. The predicted octanol–water partition coefficient (Wildman–Crippen LogP) is -1.77. The number of nitrogens with one attached hydrogen (secondary N) is 1. The van der Waals surface area contributed by atoms with E-state index >= 15 is 0 Å². The second-order valence-electron chi connectivity index (χ2n) is 1.84. The monoisotopic (exact) mass is 152 g/mol. The number of rotatable bonds is 0. The highest BCUT2D eigenvalue weighted by Crippen LogP contribution is 1.95. The van der Waals surface area contributed by atoms with Crippen LogP contribution in [0.25, 0.3) is 0 Å². The Balaban J connectivity index is 0.000000640. The normalized spacial score (nSPS) is 33.3. The minimum atomic E-state index is -0.713. The fraction of sp³-hybridized carbons (Fsp3) is 0.750. The molecule has 1 aliphatic heterocycles. The number of β-amino-alcohol motifs (C(OH)–C–C–N with tert-alkyl or cyclic N) is 1. The standard InChI is InChI=1S/C4H8N2O2.ClH/c5-3-2(7)1-6-4(3)8;/h2-3,7H,1,5H2,(H,6,8);1H/t2-,3-;/m1./s1. The number of hydrogen-bond donors (Lipinski definition) is 3. The summed E-state index contributed by atoms with van der Waals surface area (Å²) in [5.74, 6) is -0.266. The van der Waals surface area contributed by atoms with Gasteiger partial charge in [-0.1, -0.05) is 0 Å². The summed E-state index contributed by atoms with van der Waals surface area (Å²) in [7, 11) is 0. The number of hydrogen-bond acceptors (Lipinski definition) is 3. The largest absolute Gasteiger partial charge is 0.389 e. The number of carbonyl (C=O) groups is 1. The molecule has 0 aliphatic carbocycles. The number of aliphatic hydroxyl groups excluding tert-OH is 1. The van der Waals surface area contributed by atoms with E-state index in [1.807, 2.05) is 0 Å². The molecule has 4 nitrogen and oxygen atoms in total. The number of aliphatic hydroxyl groups is 1. The van der Waals surface area contributed by atoms with E-state index in [1.54, 1.807) is 0 Å². The molecule has 1 saturated heterocycles. The maximum Gasteiger partial charge on any atom is 0.239 e. The summed E-state index contributed by atoms with van der Waals surface area (Å²) in [5.41, 5.74) is 5.16. The average Bonchev–Trinajstić information content (AvgIpc) is 1.98. The van der Waals surface area contributed by atoms with Gasteiger partial charge in [0.2, 0.25) is 5.91 Å². The summed E-state index contributed by atoms with van der Waals surface area (Å²) in [6.45, 7) is 0.292. The number of nitrogens with two attached hydrogens (primary N) is 1. The minimum absolute atomic E-state index is 0. The Labute approximate surface area is 58.8 Å². The second-order valence-corrected chi connectivity index (χ2v) is 1.84. The molecule has 0 bridgehead atoms. The highest BCUT2D eigenvalue weighted by Gasteiger charge is 2.28. The zero-order valence-electron chi connectivity index (χ0n) is 4.70. The van der Waals surface area contributed by atoms with Crippen molar-refractivity contribution in [2.75, 3.05) is 6.54 Å². The molecule has 0 unspecified atom stereocenters. The van der Waals surface area contributed by atoms with Crippen LogP contribution < -0.4 is 11.1 Å². The van der Waals surface area contributed by atoms with Crippen molar-refractivity contribution in [3.63, 3.8) is 0 Å². The number of amides is 1. The lowest BCUT2D eigenvalue weighted by molar-refractivity contribution is -0.120. The summed E-state index contributed by atoms with van der Waals surface area (Å²) < 4.78 is 0. The zero-order chi connectivity index (χ0) is 6.15. The van der Waals surface area contributed by atoms with Crippen molar-refractivity contribution in [2.24, 2.45) is 5.73 Å². The molecule has 0 aromatic rings. The van der Waals surface area contributed by atoms with Crippen LogP contribution in [0.4, 0.5) is 0 Å². The molecule has 0 aromatic carbocycles. The quantitative estimate of drug-likeness (QED) is 0.385. The first-order valence-electron chi connectivity index (χ1n) is 2.43. The van der Waals surface area contributed by atoms with E-state index in [2.05, 4.69) is 5.32 Å². The van der Waals surface area contributed by atoms with Crippen LogP contribution >= 0.6 is 12.4 Å². The van der Waals surface area contributed by atoms with Gasteiger partial charge >= 0.3 is 0 Å². The van der Waals surface area contributed by atoms with Gasteiger partial charge in [-0.3, -0.25) is 4.79 Å². The van der Waals surface area contributed by atoms with Gasteiger partial charge in [-0.25, -0.2) is 0 Å². The minimum Gasteiger partial charge on any atom is -0.389 e. The van der Waals surface area contributed by atoms with Crippen molar-refractivity contribution in [2.45, 2.75) is 12.1 Å². The summed E-state index contributed by atoms with van der Waals surface area (Å²) >= 11 is 0. The number of halogens is 1. The molecule has 0 aromatic heterocycles. The molecule has 1 aliphatic rings. The van der Waals surface area contributed by atoms with Crippen LogP contribution in [0.2, 0.25) is 0 Å². The van der Waals surface area contributed by atoms with Crippen LogP contribution in [0, 0.1) is 0 Å². The Hall–Kier alpha value is -0.320. The van der Waals surface area contributed by atoms with Gasteiger partial charge in [0.1, 0.15) is 6.04 Å². The zero-order valence-corrected chi connectivity index (χ0v) is 5.52. The van der Waals surface area contributed by atoms with Crippen molar-refractivity contribution in [3.8, 4) is 0 Å². The van der Waals surface area contributed by atoms with E-state index in [0.29, 0.717) is 6.54 Å². The molecule has 9 heavy (non-hydrogen) atoms. The number of carbonyl (C=O) groups excluding carboxylic acids is 1. The van der Waals surface area contributed by atoms with Gasteiger partial charge < -0.3 is 16.2 Å². The Morgan fingerprint density at radius 2 is 2.33 bits per heavy atom. The summed E-state index contributed by atoms with van der Waals surface area (Å²) in [4.78, 5) is 10.4. The Morgan fingerprint density at radius 1 is 1.78 bits per heavy atom. The first-order chi connectivity index (χ1) is 3.72. The van der Waals surface area contributed by atoms with Gasteiger partial charge in [-0.2, -0.15) is 0 Å². The Morgan fingerprint density at radius 3 is 2.44 bits per heavy atom. The molecule has 0 spiro atoms. The van der Waals surface area contributed by atoms with Gasteiger partial charge in [0, 0.05) is 6.54 Å². The molecule has 5 heteroatoms. The molecule has 1 fully saturated rings. The molecular formula is C4H9ClN2O2. The fourth-order valence-electron chi connectivity index (χ4n) is 0.625. The third kappa shape index (κ3) is 1.54. The summed E-state index contributed by atoms with van der Waals surface area (Å²) in [5, 5.41) is 11.2. The van der Waals surface area contributed by atoms with E-state index in [1.165, 1.54) is 0 Å². The molecule has 1 amide bonds. The van der Waals surface area contributed by atoms with Gasteiger partial charge in [0.25, 0.3) is 0 Å². The van der Waals surface area contributed by atoms with Gasteiger partial charge in [-0.05, 0) is 0 Å². The van der Waals surface area contributed by atoms with Crippen molar-refractivity contribution in [3.05, 3.63) is 0 Å². The third-order valence-electron chi connectivity index (χ3n) is 1.20. The first-order valence-corrected chi connectivity index (χ1v) is 2.43. The van der Waals surface area contributed by atoms with Crippen LogP contribution in [0.5, 0.6) is 0 Å². The summed E-state index contributed by atoms with van der Waals surface area (Å²) in [6.07, 6.45) is -0.692. The Kier molecular flexibility index (Phi) is 2.90. The molecular weight excluding hydrogens is 144 g/mol. The molecule has 1 rings (SSSR count). The van der Waals surface area contributed by atoms with Crippen LogP contribution in [-0.4, -0.2) is 29.7 Å². The van der Waals surface area contributed by atoms with E-state index in [0.717, 1.165) is 0 Å². The SMILES string of the molecule is Cl.N[C@H]1C(=O)NC[C@H]1O. The highest BCUT2D eigenvalue weighted by atomic mass is 35.5. The van der Waals surface area contributed by atoms with Crippen LogP contribution in [0.15, 0.2) is 0 Å². The maximum atomic E-state index is 10.4. The van der Waals surface area contributed by atoms with E-state index < -0.39 is 12.1 Å². The molecule has 1 heterocycles. The third-order valence-corrected chi connectivity index (χ3v) is 1.20. The lowest BCUT2D eigenvalue weighted by Gasteiger charge is -2.00. The average molecular weight is 153 g/mol. The molecule has 0 radical (unpaired) electrons. The maximum absolute atomic E-state index is 10.4. The fourth-order valence-corrected chi connectivity index (χ4v) is 0.625. The van der Waals surface area contributed by atoms with Crippen LogP contribution in [0.3, 0.4) is 0 Å². The summed E-state index contributed by atoms with van der Waals surface area (Å²) in [6, 6.07) is -0.713. The van der Waals surface area contributed by atoms with Gasteiger partial charge in [0.05, 0.1) is 6.10 Å². The molecule has 2 atom stereocenters. The molecule has 4 N–H and O–H groups in total. The smallest absolute Gasteiger partial charge is 0.239 e. The van der Waals surface area contributed by atoms with E-state index in [9.17, 15) is 4.79 Å². The van der Waals surface area contributed by atoms with Crippen LogP contribution in [-0.2, 0) is 4.79 Å². The lowest BCUT2D eigenvalue weighted by Crippen LogP contribution is -2.36. The highest BCUT2D eigenvalue weighted by molar-refractivity contribution is 5.85. The topological polar surface area (TPSA) is 75.4 Å². The van der Waals surface area contributed by atoms with Crippen molar-refractivity contribution < 1.29 is 9.90 Å². The van der Waals surface area contributed by atoms with Crippen molar-refractivity contribution in [1.29, 1.82) is 0 Å². The molecule has 0 saturated carbocycles. The van der Waals surface area contributed by atoms with Crippen LogP contribution in [0.1, 0.15) is 0 Å². The Bertz CT molecular complexity index is 119. The van der Waals surface area contributed by atoms with E-state index in [4.69, 9.17) is 10.8 Å². The molecule has 54 valence electrons. The van der Waals surface area contributed by atoms with Crippen molar-refractivity contribution >= 4 is 18.3 Å². The first kappa shape index (κ1) is 8.68. The predicted molar refractivity (Wildman–Crippen MR) is 34.2 cm³/mol. The van der Waals surface area contributed by atoms with Gasteiger partial charge in [0.15, 0.2) is 0 Å². The lowest BCUT2D eigenvalue weighted by atomic mass is 10.2. The van der Waals surface area contributed by atoms with Crippen molar-refractivity contribution in [1.82, 2.24) is 5.32 Å². The van der Waals surface area contributed by atoms with Gasteiger partial charge in [-0.15, -0.1) is 12.4 Å². The van der Waals surface area contributed by atoms with E-state index in [-0.39, 0.29) is 18.3 Å².